The summed E-state index contributed by atoms with van der Waals surface area (Å²) in [7, 11) is -6.70. The smallest absolute Gasteiger partial charge is 0.284 e. The molecule has 1 aliphatic heterocycles. The second-order valence-corrected chi connectivity index (χ2v) is 10.9. The quantitative estimate of drug-likeness (QED) is 0.405. The van der Waals surface area contributed by atoms with Crippen molar-refractivity contribution in [2.75, 3.05) is 23.5 Å². The molecule has 1 aromatic rings. The van der Waals surface area contributed by atoms with Crippen LogP contribution in [0.2, 0.25) is 0 Å². The molecule has 0 aromatic heterocycles. The van der Waals surface area contributed by atoms with Gasteiger partial charge in [-0.15, -0.1) is 11.8 Å². The van der Waals surface area contributed by atoms with Gasteiger partial charge >= 0.3 is 0 Å². The summed E-state index contributed by atoms with van der Waals surface area (Å²) < 4.78 is 45.7. The number of nitro groups is 1. The summed E-state index contributed by atoms with van der Waals surface area (Å²) in [6, 6.07) is 3.04. The summed E-state index contributed by atoms with van der Waals surface area (Å²) >= 11 is 0.888. The van der Waals surface area contributed by atoms with E-state index in [4.69, 9.17) is 0 Å². The van der Waals surface area contributed by atoms with Gasteiger partial charge < -0.3 is 5.32 Å². The van der Waals surface area contributed by atoms with E-state index >= 15 is 0 Å². The molecule has 0 spiro atoms. The fraction of sp³-hybridized carbons (Fsp3) is 0.462. The average molecular weight is 408 g/mol. The minimum absolute atomic E-state index is 0.0313. The van der Waals surface area contributed by atoms with Crippen LogP contribution in [0.25, 0.3) is 0 Å². The zero-order chi connectivity index (χ0) is 18.8. The van der Waals surface area contributed by atoms with E-state index in [1.165, 1.54) is 12.1 Å². The average Bonchev–Trinajstić information content (AvgIpc) is 2.82. The summed E-state index contributed by atoms with van der Waals surface area (Å²) in [4.78, 5) is 22.3. The van der Waals surface area contributed by atoms with Gasteiger partial charge in [0, 0.05) is 18.4 Å². The first-order valence-electron chi connectivity index (χ1n) is 7.09. The first-order valence-corrected chi connectivity index (χ1v) is 11.8. The van der Waals surface area contributed by atoms with E-state index in [2.05, 4.69) is 5.32 Å². The number of hydrogen-bond acceptors (Lipinski definition) is 8. The molecule has 0 aliphatic carbocycles. The van der Waals surface area contributed by atoms with Crippen LogP contribution in [0.1, 0.15) is 6.42 Å². The molecule has 1 saturated heterocycles. The summed E-state index contributed by atoms with van der Waals surface area (Å²) in [5.41, 5.74) is -0.399. The van der Waals surface area contributed by atoms with E-state index in [9.17, 15) is 31.7 Å². The van der Waals surface area contributed by atoms with E-state index in [1.807, 2.05) is 0 Å². The van der Waals surface area contributed by atoms with Crippen LogP contribution in [0.5, 0.6) is 0 Å². The SMILES string of the molecule is CS(=O)(=O)c1ccc(SCC(=O)N[C@@H]2CCS(=O)(=O)C2)c([N+](=O)[O-])c1. The molecule has 9 nitrogen and oxygen atoms in total. The molecule has 0 unspecified atom stereocenters. The number of nitrogens with one attached hydrogen (secondary N) is 1. The second-order valence-electron chi connectivity index (χ2n) is 5.61. The van der Waals surface area contributed by atoms with Crippen molar-refractivity contribution < 1.29 is 26.6 Å². The topological polar surface area (TPSA) is 141 Å². The van der Waals surface area contributed by atoms with Gasteiger partial charge in [0.05, 0.1) is 32.0 Å². The van der Waals surface area contributed by atoms with Crippen LogP contribution in [0, 0.1) is 10.1 Å². The largest absolute Gasteiger partial charge is 0.352 e. The number of carbonyl (C=O) groups is 1. The number of benzene rings is 1. The predicted octanol–water partition coefficient (Wildman–Crippen LogP) is 0.394. The number of amides is 1. The van der Waals surface area contributed by atoms with Gasteiger partial charge in [0.2, 0.25) is 5.91 Å². The number of nitro benzene ring substituents is 1. The van der Waals surface area contributed by atoms with Gasteiger partial charge in [-0.1, -0.05) is 0 Å². The maximum atomic E-state index is 11.9. The molecule has 12 heteroatoms. The number of hydrogen-bond donors (Lipinski definition) is 1. The normalized spacial score (nSPS) is 19.5. The highest BCUT2D eigenvalue weighted by molar-refractivity contribution is 8.00. The summed E-state index contributed by atoms with van der Waals surface area (Å²) in [6.07, 6.45) is 1.30. The molecule has 2 rings (SSSR count). The van der Waals surface area contributed by atoms with Crippen LogP contribution in [0.15, 0.2) is 28.0 Å². The van der Waals surface area contributed by atoms with Gasteiger partial charge in [0.1, 0.15) is 0 Å². The van der Waals surface area contributed by atoms with E-state index in [0.29, 0.717) is 6.42 Å². The molecule has 1 aromatic carbocycles. The van der Waals surface area contributed by atoms with Crippen molar-refractivity contribution in [1.29, 1.82) is 0 Å². The zero-order valence-corrected chi connectivity index (χ0v) is 15.6. The van der Waals surface area contributed by atoms with Gasteiger partial charge in [-0.05, 0) is 18.6 Å². The molecule has 0 radical (unpaired) electrons. The molecule has 0 saturated carbocycles. The summed E-state index contributed by atoms with van der Waals surface area (Å²) in [5.74, 6) is -0.653. The molecule has 138 valence electrons. The number of rotatable bonds is 6. The molecular weight excluding hydrogens is 392 g/mol. The lowest BCUT2D eigenvalue weighted by atomic mass is 10.3. The van der Waals surface area contributed by atoms with Crippen LogP contribution in [-0.2, 0) is 24.5 Å². The van der Waals surface area contributed by atoms with Crippen LogP contribution < -0.4 is 5.32 Å². The molecule has 1 heterocycles. The maximum Gasteiger partial charge on any atom is 0.284 e. The highest BCUT2D eigenvalue weighted by atomic mass is 32.2. The number of sulfone groups is 2. The van der Waals surface area contributed by atoms with Crippen molar-refractivity contribution in [2.24, 2.45) is 0 Å². The van der Waals surface area contributed by atoms with Crippen LogP contribution in [-0.4, -0.2) is 57.2 Å². The highest BCUT2D eigenvalue weighted by Crippen LogP contribution is 2.31. The first kappa shape index (κ1) is 19.7. The number of carbonyl (C=O) groups excluding carboxylic acids is 1. The highest BCUT2D eigenvalue weighted by Gasteiger charge is 2.29. The van der Waals surface area contributed by atoms with Crippen molar-refractivity contribution in [2.45, 2.75) is 22.3 Å². The lowest BCUT2D eigenvalue weighted by molar-refractivity contribution is -0.388. The third kappa shape index (κ3) is 5.41. The van der Waals surface area contributed by atoms with Crippen LogP contribution in [0.3, 0.4) is 0 Å². The Kier molecular flexibility index (Phi) is 5.74. The Hall–Kier alpha value is -1.66. The summed E-state index contributed by atoms with van der Waals surface area (Å²) in [6.45, 7) is 0. The van der Waals surface area contributed by atoms with Crippen LogP contribution >= 0.6 is 11.8 Å². The van der Waals surface area contributed by atoms with Crippen molar-refractivity contribution >= 4 is 43.0 Å². The minimum Gasteiger partial charge on any atom is -0.352 e. The molecule has 1 aliphatic rings. The lowest BCUT2D eigenvalue weighted by Crippen LogP contribution is -2.36. The fourth-order valence-corrected chi connectivity index (χ4v) is 5.44. The van der Waals surface area contributed by atoms with E-state index < -0.39 is 42.2 Å². The Morgan fingerprint density at radius 3 is 2.64 bits per heavy atom. The van der Waals surface area contributed by atoms with Crippen LogP contribution in [0.4, 0.5) is 5.69 Å². The molecule has 1 N–H and O–H groups in total. The maximum absolute atomic E-state index is 11.9. The third-order valence-corrected chi connectivity index (χ3v) is 7.45. The van der Waals surface area contributed by atoms with Crippen molar-refractivity contribution in [3.63, 3.8) is 0 Å². The van der Waals surface area contributed by atoms with Gasteiger partial charge in [-0.2, -0.15) is 0 Å². The molecule has 1 fully saturated rings. The third-order valence-electron chi connectivity index (χ3n) is 3.51. The monoisotopic (exact) mass is 408 g/mol. The Labute approximate surface area is 149 Å². The molecule has 0 bridgehead atoms. The minimum atomic E-state index is -3.58. The fourth-order valence-electron chi connectivity index (χ4n) is 2.31. The molecule has 25 heavy (non-hydrogen) atoms. The molecule has 1 amide bonds. The Morgan fingerprint density at radius 1 is 1.44 bits per heavy atom. The van der Waals surface area contributed by atoms with Crippen molar-refractivity contribution in [3.05, 3.63) is 28.3 Å². The Balaban J connectivity index is 2.05. The molecule has 1 atom stereocenters. The number of nitrogens with zero attached hydrogens (tertiary/aromatic N) is 1. The first-order chi connectivity index (χ1) is 11.5. The summed E-state index contributed by atoms with van der Waals surface area (Å²) in [5, 5.41) is 13.7. The van der Waals surface area contributed by atoms with Gasteiger partial charge in [0.15, 0.2) is 19.7 Å². The van der Waals surface area contributed by atoms with Gasteiger partial charge in [0.25, 0.3) is 5.69 Å². The predicted molar refractivity (Wildman–Crippen MR) is 92.1 cm³/mol. The Bertz CT molecular complexity index is 910. The van der Waals surface area contributed by atoms with Gasteiger partial charge in [-0.3, -0.25) is 14.9 Å². The Morgan fingerprint density at radius 2 is 2.12 bits per heavy atom. The van der Waals surface area contributed by atoms with Crippen molar-refractivity contribution in [3.8, 4) is 0 Å². The molecular formula is C13H16N2O7S3. The zero-order valence-electron chi connectivity index (χ0n) is 13.2. The van der Waals surface area contributed by atoms with Gasteiger partial charge in [-0.25, -0.2) is 16.8 Å². The second kappa shape index (κ2) is 7.30. The van der Waals surface area contributed by atoms with Crippen molar-refractivity contribution in [1.82, 2.24) is 5.32 Å². The lowest BCUT2D eigenvalue weighted by Gasteiger charge is -2.10. The number of thioether (sulfide) groups is 1. The standard InChI is InChI=1S/C13H16N2O7S3/c1-24(19,20)10-2-3-12(11(6-10)15(17)18)23-7-13(16)14-9-4-5-25(21,22)8-9/h2-3,6,9H,4-5,7-8H2,1H3,(H,14,16)/t9-/m1/s1. The van der Waals surface area contributed by atoms with E-state index in [0.717, 1.165) is 24.1 Å². The van der Waals surface area contributed by atoms with E-state index in [1.54, 1.807) is 0 Å². The van der Waals surface area contributed by atoms with E-state index in [-0.39, 0.29) is 27.0 Å².